The van der Waals surface area contributed by atoms with Gasteiger partial charge in [0.2, 0.25) is 0 Å². The molecule has 0 spiro atoms. The predicted octanol–water partition coefficient (Wildman–Crippen LogP) is 3.48. The van der Waals surface area contributed by atoms with Crippen molar-refractivity contribution in [2.24, 2.45) is 4.99 Å². The van der Waals surface area contributed by atoms with E-state index in [1.165, 1.54) is 11.3 Å². The van der Waals surface area contributed by atoms with Crippen LogP contribution in [0.3, 0.4) is 0 Å². The van der Waals surface area contributed by atoms with E-state index in [2.05, 4.69) is 65.8 Å². The SMILES string of the molecule is CCOC1=N[C@H]2Nc3ccccc3N(C)[C@H]2[C@H]1c1ccccc1. The van der Waals surface area contributed by atoms with E-state index in [4.69, 9.17) is 9.73 Å². The molecule has 1 N–H and O–H groups in total. The van der Waals surface area contributed by atoms with Crippen LogP contribution in [0.25, 0.3) is 0 Å². The number of nitrogens with zero attached hydrogens (tertiary/aromatic N) is 2. The van der Waals surface area contributed by atoms with Crippen LogP contribution in [0.4, 0.5) is 11.4 Å². The smallest absolute Gasteiger partial charge is 0.195 e. The Morgan fingerprint density at radius 2 is 1.83 bits per heavy atom. The molecule has 0 bridgehead atoms. The van der Waals surface area contributed by atoms with Crippen molar-refractivity contribution < 1.29 is 4.74 Å². The van der Waals surface area contributed by atoms with E-state index < -0.39 is 0 Å². The van der Waals surface area contributed by atoms with E-state index in [0.29, 0.717) is 6.61 Å². The summed E-state index contributed by atoms with van der Waals surface area (Å²) in [7, 11) is 2.15. The first kappa shape index (κ1) is 14.1. The Labute approximate surface area is 136 Å². The summed E-state index contributed by atoms with van der Waals surface area (Å²) in [4.78, 5) is 7.19. The molecule has 118 valence electrons. The van der Waals surface area contributed by atoms with Gasteiger partial charge in [0.25, 0.3) is 0 Å². The molecule has 0 saturated heterocycles. The first-order chi connectivity index (χ1) is 11.3. The van der Waals surface area contributed by atoms with Gasteiger partial charge in [-0.25, -0.2) is 4.99 Å². The summed E-state index contributed by atoms with van der Waals surface area (Å²) in [6.07, 6.45) is 0.0154. The number of anilines is 2. The molecule has 0 amide bonds. The molecule has 4 heteroatoms. The second-order valence-electron chi connectivity index (χ2n) is 6.00. The summed E-state index contributed by atoms with van der Waals surface area (Å²) >= 11 is 0. The lowest BCUT2D eigenvalue weighted by Gasteiger charge is -2.40. The van der Waals surface area contributed by atoms with E-state index in [9.17, 15) is 0 Å². The zero-order chi connectivity index (χ0) is 15.8. The van der Waals surface area contributed by atoms with Crippen molar-refractivity contribution in [3.05, 3.63) is 60.2 Å². The largest absolute Gasteiger partial charge is 0.481 e. The minimum atomic E-state index is 0.0154. The molecule has 2 aromatic rings. The lowest BCUT2D eigenvalue weighted by molar-refractivity contribution is 0.313. The van der Waals surface area contributed by atoms with E-state index in [0.717, 1.165) is 11.6 Å². The first-order valence-electron chi connectivity index (χ1n) is 8.13. The number of nitrogens with one attached hydrogen (secondary N) is 1. The molecular formula is C19H21N3O. The fourth-order valence-corrected chi connectivity index (χ4v) is 3.67. The highest BCUT2D eigenvalue weighted by atomic mass is 16.5. The summed E-state index contributed by atoms with van der Waals surface area (Å²) in [6.45, 7) is 2.65. The third kappa shape index (κ3) is 2.25. The number of fused-ring (bicyclic) bond motifs is 2. The van der Waals surface area contributed by atoms with Crippen molar-refractivity contribution >= 4 is 17.3 Å². The molecule has 0 unspecified atom stereocenters. The molecule has 0 fully saturated rings. The van der Waals surface area contributed by atoms with Crippen LogP contribution < -0.4 is 10.2 Å². The molecule has 0 radical (unpaired) electrons. The van der Waals surface area contributed by atoms with Crippen molar-refractivity contribution in [3.63, 3.8) is 0 Å². The van der Waals surface area contributed by atoms with E-state index in [-0.39, 0.29) is 18.1 Å². The molecule has 2 aliphatic rings. The number of hydrogen-bond acceptors (Lipinski definition) is 4. The van der Waals surface area contributed by atoms with Crippen LogP contribution in [0.1, 0.15) is 18.4 Å². The maximum absolute atomic E-state index is 5.89. The number of benzene rings is 2. The minimum absolute atomic E-state index is 0.0154. The summed E-state index contributed by atoms with van der Waals surface area (Å²) < 4.78 is 5.89. The maximum atomic E-state index is 5.89. The molecule has 4 nitrogen and oxygen atoms in total. The highest BCUT2D eigenvalue weighted by Crippen LogP contribution is 2.42. The van der Waals surface area contributed by atoms with Crippen molar-refractivity contribution in [2.45, 2.75) is 25.0 Å². The van der Waals surface area contributed by atoms with Gasteiger partial charge in [0.15, 0.2) is 5.90 Å². The van der Waals surface area contributed by atoms with Gasteiger partial charge in [0.1, 0.15) is 6.17 Å². The van der Waals surface area contributed by atoms with Gasteiger partial charge in [-0.15, -0.1) is 0 Å². The van der Waals surface area contributed by atoms with Crippen LogP contribution in [0.15, 0.2) is 59.6 Å². The number of likely N-dealkylation sites (N-methyl/N-ethyl adjacent to an activating group) is 1. The van der Waals surface area contributed by atoms with Gasteiger partial charge in [-0.3, -0.25) is 0 Å². The molecular weight excluding hydrogens is 286 g/mol. The monoisotopic (exact) mass is 307 g/mol. The Morgan fingerprint density at radius 3 is 2.61 bits per heavy atom. The van der Waals surface area contributed by atoms with Gasteiger partial charge < -0.3 is 15.0 Å². The molecule has 2 heterocycles. The Hall–Kier alpha value is -2.49. The number of aliphatic imine (C=N–C) groups is 1. The van der Waals surface area contributed by atoms with Gasteiger partial charge in [-0.05, 0) is 24.6 Å². The molecule has 4 rings (SSSR count). The fraction of sp³-hybridized carbons (Fsp3) is 0.316. The maximum Gasteiger partial charge on any atom is 0.195 e. The fourth-order valence-electron chi connectivity index (χ4n) is 3.67. The van der Waals surface area contributed by atoms with E-state index in [1.807, 2.05) is 13.0 Å². The Bertz CT molecular complexity index is 728. The lowest BCUT2D eigenvalue weighted by atomic mass is 9.89. The van der Waals surface area contributed by atoms with Crippen LogP contribution in [-0.2, 0) is 4.74 Å². The Morgan fingerprint density at radius 1 is 1.09 bits per heavy atom. The standard InChI is InChI=1S/C19H21N3O/c1-3-23-19-16(13-9-5-4-6-10-13)17-18(21-19)20-14-11-7-8-12-15(14)22(17)2/h4-12,16-18,20H,3H2,1-2H3/t16-,17+,18-/m1/s1. The minimum Gasteiger partial charge on any atom is -0.481 e. The topological polar surface area (TPSA) is 36.9 Å². The van der Waals surface area contributed by atoms with Crippen LogP contribution in [0.5, 0.6) is 0 Å². The number of para-hydroxylation sites is 2. The average molecular weight is 307 g/mol. The van der Waals surface area contributed by atoms with Crippen LogP contribution in [-0.4, -0.2) is 31.8 Å². The highest BCUT2D eigenvalue weighted by Gasteiger charge is 2.46. The van der Waals surface area contributed by atoms with Gasteiger partial charge in [-0.2, -0.15) is 0 Å². The van der Waals surface area contributed by atoms with Crippen molar-refractivity contribution in [1.82, 2.24) is 0 Å². The normalized spacial score (nSPS) is 25.2. The molecule has 2 aliphatic heterocycles. The highest BCUT2D eigenvalue weighted by molar-refractivity contribution is 5.90. The third-order valence-electron chi connectivity index (χ3n) is 4.68. The van der Waals surface area contributed by atoms with E-state index >= 15 is 0 Å². The summed E-state index contributed by atoms with van der Waals surface area (Å²) in [5, 5.41) is 3.57. The van der Waals surface area contributed by atoms with Crippen LogP contribution in [0, 0.1) is 0 Å². The molecule has 3 atom stereocenters. The number of ether oxygens (including phenoxy) is 1. The van der Waals surface area contributed by atoms with Gasteiger partial charge in [-0.1, -0.05) is 42.5 Å². The zero-order valence-corrected chi connectivity index (χ0v) is 13.4. The summed E-state index contributed by atoms with van der Waals surface area (Å²) in [6, 6.07) is 19.1. The average Bonchev–Trinajstić information content (AvgIpc) is 2.94. The molecule has 0 aliphatic carbocycles. The number of hydrogen-bond donors (Lipinski definition) is 1. The quantitative estimate of drug-likeness (QED) is 0.923. The third-order valence-corrected chi connectivity index (χ3v) is 4.68. The van der Waals surface area contributed by atoms with Crippen molar-refractivity contribution in [3.8, 4) is 0 Å². The van der Waals surface area contributed by atoms with Crippen LogP contribution in [0.2, 0.25) is 0 Å². The number of rotatable bonds is 2. The zero-order valence-electron chi connectivity index (χ0n) is 13.4. The second kappa shape index (κ2) is 5.61. The Balaban J connectivity index is 1.78. The first-order valence-corrected chi connectivity index (χ1v) is 8.13. The summed E-state index contributed by atoms with van der Waals surface area (Å²) in [5.41, 5.74) is 3.59. The van der Waals surface area contributed by atoms with E-state index in [1.54, 1.807) is 0 Å². The van der Waals surface area contributed by atoms with Crippen molar-refractivity contribution in [1.29, 1.82) is 0 Å². The van der Waals surface area contributed by atoms with Gasteiger partial charge in [0, 0.05) is 7.05 Å². The molecule has 0 saturated carbocycles. The van der Waals surface area contributed by atoms with Gasteiger partial charge in [0.05, 0.1) is 29.9 Å². The second-order valence-corrected chi connectivity index (χ2v) is 6.00. The predicted molar refractivity (Wildman–Crippen MR) is 94.3 cm³/mol. The van der Waals surface area contributed by atoms with Gasteiger partial charge >= 0.3 is 0 Å². The lowest BCUT2D eigenvalue weighted by Crippen LogP contribution is -2.49. The van der Waals surface area contributed by atoms with Crippen LogP contribution >= 0.6 is 0 Å². The Kier molecular flexibility index (Phi) is 3.45. The van der Waals surface area contributed by atoms with Crippen molar-refractivity contribution in [2.75, 3.05) is 23.9 Å². The molecule has 0 aromatic heterocycles. The molecule has 2 aromatic carbocycles. The molecule has 23 heavy (non-hydrogen) atoms. The summed E-state index contributed by atoms with van der Waals surface area (Å²) in [5.74, 6) is 0.980.